The van der Waals surface area contributed by atoms with Gasteiger partial charge in [0, 0.05) is 0 Å². The molecule has 0 bridgehead atoms. The zero-order valence-corrected chi connectivity index (χ0v) is 12.3. The van der Waals surface area contributed by atoms with Crippen LogP contribution in [0.2, 0.25) is 0 Å². The molecule has 2 atom stereocenters. The van der Waals surface area contributed by atoms with E-state index in [1.165, 1.54) is 32.4 Å². The molecule has 0 aliphatic heterocycles. The summed E-state index contributed by atoms with van der Waals surface area (Å²) in [4.78, 5) is 22.1. The molecule has 0 aromatic rings. The number of hydrogen-bond donors (Lipinski definition) is 0. The Morgan fingerprint density at radius 2 is 2.05 bits per heavy atom. The number of ether oxygens (including phenoxy) is 1. The summed E-state index contributed by atoms with van der Waals surface area (Å²) in [6.45, 7) is 6.77. The molecule has 0 heterocycles. The van der Waals surface area contributed by atoms with Crippen molar-refractivity contribution >= 4 is 12.3 Å². The van der Waals surface area contributed by atoms with Gasteiger partial charge in [0.2, 0.25) is 0 Å². The molecule has 0 saturated heterocycles. The van der Waals surface area contributed by atoms with Crippen molar-refractivity contribution in [3.05, 3.63) is 23.8 Å². The molecule has 0 N–H and O–H groups in total. The Bertz CT molecular complexity index is 391. The van der Waals surface area contributed by atoms with E-state index in [1.54, 1.807) is 6.08 Å². The monoisotopic (exact) mass is 264 g/mol. The second-order valence-corrected chi connectivity index (χ2v) is 5.99. The average Bonchev–Trinajstić information content (AvgIpc) is 2.35. The van der Waals surface area contributed by atoms with Crippen molar-refractivity contribution in [1.29, 1.82) is 0 Å². The van der Waals surface area contributed by atoms with E-state index in [0.29, 0.717) is 23.7 Å². The van der Waals surface area contributed by atoms with Gasteiger partial charge >= 0.3 is 5.97 Å². The van der Waals surface area contributed by atoms with Crippen LogP contribution < -0.4 is 0 Å². The zero-order valence-electron chi connectivity index (χ0n) is 12.3. The highest BCUT2D eigenvalue weighted by Crippen LogP contribution is 2.44. The predicted octanol–water partition coefficient (Wildman–Crippen LogP) is 3.30. The van der Waals surface area contributed by atoms with E-state index in [2.05, 4.69) is 31.6 Å². The van der Waals surface area contributed by atoms with Crippen LogP contribution in [0, 0.1) is 17.3 Å². The fourth-order valence-electron chi connectivity index (χ4n) is 3.04. The maximum Gasteiger partial charge on any atom is 0.337 e. The van der Waals surface area contributed by atoms with Crippen LogP contribution in [0.1, 0.15) is 40.0 Å². The van der Waals surface area contributed by atoms with Crippen molar-refractivity contribution in [2.45, 2.75) is 40.0 Å². The van der Waals surface area contributed by atoms with Crippen LogP contribution >= 0.6 is 0 Å². The Morgan fingerprint density at radius 3 is 2.58 bits per heavy atom. The van der Waals surface area contributed by atoms with Crippen molar-refractivity contribution < 1.29 is 14.3 Å². The van der Waals surface area contributed by atoms with E-state index in [-0.39, 0.29) is 5.41 Å². The summed E-state index contributed by atoms with van der Waals surface area (Å²) in [7, 11) is 1.32. The fourth-order valence-corrected chi connectivity index (χ4v) is 3.04. The third kappa shape index (κ3) is 4.05. The molecule has 1 fully saturated rings. The lowest BCUT2D eigenvalue weighted by atomic mass is 9.64. The fraction of sp³-hybridized carbons (Fsp3) is 0.625. The van der Waals surface area contributed by atoms with E-state index in [9.17, 15) is 9.59 Å². The van der Waals surface area contributed by atoms with Crippen molar-refractivity contribution in [2.24, 2.45) is 17.3 Å². The van der Waals surface area contributed by atoms with Crippen LogP contribution in [0.25, 0.3) is 0 Å². The maximum absolute atomic E-state index is 11.5. The molecular weight excluding hydrogens is 240 g/mol. The van der Waals surface area contributed by atoms with Crippen LogP contribution in [-0.2, 0) is 14.3 Å². The minimum Gasteiger partial charge on any atom is -0.465 e. The molecule has 1 rings (SSSR count). The minimum atomic E-state index is -0.468. The minimum absolute atomic E-state index is 0.233. The molecule has 3 nitrogen and oxygen atoms in total. The first-order chi connectivity index (χ1) is 8.92. The standard InChI is InChI=1S/C16H24O3/c1-12-6-5-10-16(2,3)14(12)8-7-13(9-11-17)15(18)19-4/h7-9,11-12,14H,5-6,10H2,1-4H3/b8-7+,13-9+. The number of aldehydes is 1. The van der Waals surface area contributed by atoms with Gasteiger partial charge in [-0.3, -0.25) is 4.79 Å². The molecule has 0 amide bonds. The van der Waals surface area contributed by atoms with Gasteiger partial charge in [0.15, 0.2) is 0 Å². The molecule has 19 heavy (non-hydrogen) atoms. The highest BCUT2D eigenvalue weighted by atomic mass is 16.5. The van der Waals surface area contributed by atoms with Gasteiger partial charge in [-0.25, -0.2) is 4.79 Å². The summed E-state index contributed by atoms with van der Waals surface area (Å²) >= 11 is 0. The quantitative estimate of drug-likeness (QED) is 0.338. The molecule has 2 unspecified atom stereocenters. The summed E-state index contributed by atoms with van der Waals surface area (Å²) in [5, 5.41) is 0. The lowest BCUT2D eigenvalue weighted by Crippen LogP contribution is -2.32. The van der Waals surface area contributed by atoms with Gasteiger partial charge in [0.1, 0.15) is 6.29 Å². The number of methoxy groups -OCH3 is 1. The topological polar surface area (TPSA) is 43.4 Å². The van der Waals surface area contributed by atoms with Gasteiger partial charge in [-0.05, 0) is 29.7 Å². The SMILES string of the molecule is COC(=O)C(/C=C/C1C(C)CCCC1(C)C)=C/C=O. The summed E-state index contributed by atoms with van der Waals surface area (Å²) < 4.78 is 4.67. The van der Waals surface area contributed by atoms with Gasteiger partial charge in [0.25, 0.3) is 0 Å². The number of esters is 1. The van der Waals surface area contributed by atoms with Gasteiger partial charge in [-0.15, -0.1) is 0 Å². The molecule has 0 radical (unpaired) electrons. The van der Waals surface area contributed by atoms with Crippen LogP contribution in [-0.4, -0.2) is 19.4 Å². The largest absolute Gasteiger partial charge is 0.465 e. The smallest absolute Gasteiger partial charge is 0.337 e. The molecule has 106 valence electrons. The molecular formula is C16H24O3. The molecule has 1 aliphatic carbocycles. The van der Waals surface area contributed by atoms with Crippen LogP contribution in [0.4, 0.5) is 0 Å². The Hall–Kier alpha value is -1.38. The number of carbonyl (C=O) groups is 2. The number of allylic oxidation sites excluding steroid dienone is 2. The first-order valence-corrected chi connectivity index (χ1v) is 6.84. The third-order valence-corrected chi connectivity index (χ3v) is 4.15. The predicted molar refractivity (Wildman–Crippen MR) is 75.6 cm³/mol. The van der Waals surface area contributed by atoms with Gasteiger partial charge in [0.05, 0.1) is 12.7 Å². The number of rotatable bonds is 4. The second-order valence-electron chi connectivity index (χ2n) is 5.99. The van der Waals surface area contributed by atoms with Crippen LogP contribution in [0.15, 0.2) is 23.8 Å². The maximum atomic E-state index is 11.5. The first kappa shape index (κ1) is 15.7. The summed E-state index contributed by atoms with van der Waals surface area (Å²) in [5.41, 5.74) is 0.544. The summed E-state index contributed by atoms with van der Waals surface area (Å²) in [6, 6.07) is 0. The van der Waals surface area contributed by atoms with E-state index in [1.807, 2.05) is 0 Å². The Morgan fingerprint density at radius 1 is 1.37 bits per heavy atom. The number of hydrogen-bond acceptors (Lipinski definition) is 3. The molecule has 3 heteroatoms. The van der Waals surface area contributed by atoms with Crippen LogP contribution in [0.3, 0.4) is 0 Å². The van der Waals surface area contributed by atoms with E-state index >= 15 is 0 Å². The zero-order chi connectivity index (χ0) is 14.5. The molecule has 1 saturated carbocycles. The summed E-state index contributed by atoms with van der Waals surface area (Å²) in [5.74, 6) is 0.542. The summed E-state index contributed by atoms with van der Waals surface area (Å²) in [6.07, 6.45) is 9.33. The van der Waals surface area contributed by atoms with Crippen molar-refractivity contribution in [2.75, 3.05) is 7.11 Å². The van der Waals surface area contributed by atoms with Crippen LogP contribution in [0.5, 0.6) is 0 Å². The number of carbonyl (C=O) groups excluding carboxylic acids is 2. The van der Waals surface area contributed by atoms with E-state index in [0.717, 1.165) is 0 Å². The lowest BCUT2D eigenvalue weighted by molar-refractivity contribution is -0.135. The van der Waals surface area contributed by atoms with Gasteiger partial charge in [-0.2, -0.15) is 0 Å². The second kappa shape index (κ2) is 6.69. The van der Waals surface area contributed by atoms with Crippen molar-refractivity contribution in [1.82, 2.24) is 0 Å². The van der Waals surface area contributed by atoms with E-state index in [4.69, 9.17) is 0 Å². The molecule has 0 spiro atoms. The lowest BCUT2D eigenvalue weighted by Gasteiger charge is -2.41. The van der Waals surface area contributed by atoms with Gasteiger partial charge in [-0.1, -0.05) is 45.8 Å². The average molecular weight is 264 g/mol. The highest BCUT2D eigenvalue weighted by Gasteiger charge is 2.34. The Labute approximate surface area is 115 Å². The normalized spacial score (nSPS) is 27.3. The molecule has 1 aliphatic rings. The van der Waals surface area contributed by atoms with E-state index < -0.39 is 5.97 Å². The third-order valence-electron chi connectivity index (χ3n) is 4.15. The Kier molecular flexibility index (Phi) is 5.52. The molecule has 0 aromatic heterocycles. The van der Waals surface area contributed by atoms with Crippen molar-refractivity contribution in [3.63, 3.8) is 0 Å². The van der Waals surface area contributed by atoms with Gasteiger partial charge < -0.3 is 4.74 Å². The first-order valence-electron chi connectivity index (χ1n) is 6.84. The Balaban J connectivity index is 2.90. The highest BCUT2D eigenvalue weighted by molar-refractivity contribution is 5.95. The molecule has 0 aromatic carbocycles. The van der Waals surface area contributed by atoms with Crippen molar-refractivity contribution in [3.8, 4) is 0 Å².